The van der Waals surface area contributed by atoms with Gasteiger partial charge in [0, 0.05) is 0 Å². The molecule has 1 fully saturated rings. The molecule has 5 nitrogen and oxygen atoms in total. The highest BCUT2D eigenvalue weighted by Crippen LogP contribution is 2.44. The van der Waals surface area contributed by atoms with Crippen LogP contribution in [0.5, 0.6) is 0 Å². The minimum absolute atomic E-state index is 0.222. The largest absolute Gasteiger partial charge is 0.405 e. The zero-order valence-electron chi connectivity index (χ0n) is 15.9. The topological polar surface area (TPSA) is 64.0 Å². The second kappa shape index (κ2) is 8.07. The molecule has 3 aromatic rings. The van der Waals surface area contributed by atoms with E-state index in [1.807, 2.05) is 16.8 Å². The number of benzene rings is 1. The van der Waals surface area contributed by atoms with Crippen molar-refractivity contribution in [3.8, 4) is 5.69 Å². The van der Waals surface area contributed by atoms with Crippen LogP contribution < -0.4 is 10.9 Å². The van der Waals surface area contributed by atoms with E-state index in [-0.39, 0.29) is 10.7 Å². The van der Waals surface area contributed by atoms with Gasteiger partial charge in [0.1, 0.15) is 11.4 Å². The summed E-state index contributed by atoms with van der Waals surface area (Å²) in [6.45, 7) is 0.0937. The molecule has 0 saturated heterocycles. The van der Waals surface area contributed by atoms with Crippen molar-refractivity contribution in [1.29, 1.82) is 0 Å². The number of hydrogen-bond acceptors (Lipinski definition) is 5. The first-order valence-corrected chi connectivity index (χ1v) is 11.1. The number of fused-ring (bicyclic) bond motifs is 1. The Kier molecular flexibility index (Phi) is 5.63. The third-order valence-corrected chi connectivity index (χ3v) is 6.69. The fraction of sp³-hybridized carbons (Fsp3) is 0.350. The van der Waals surface area contributed by atoms with Gasteiger partial charge in [0.2, 0.25) is 5.91 Å². The summed E-state index contributed by atoms with van der Waals surface area (Å²) in [7, 11) is 0. The van der Waals surface area contributed by atoms with Gasteiger partial charge < -0.3 is 5.32 Å². The van der Waals surface area contributed by atoms with Crippen LogP contribution in [0.4, 0.5) is 13.2 Å². The molecule has 0 spiro atoms. The molecule has 1 aromatic carbocycles. The second-order valence-corrected chi connectivity index (χ2v) is 9.28. The molecule has 158 valence electrons. The van der Waals surface area contributed by atoms with Crippen molar-refractivity contribution < 1.29 is 18.0 Å². The number of carbonyl (C=O) groups excluding carboxylic acids is 1. The van der Waals surface area contributed by atoms with Gasteiger partial charge in [0.25, 0.3) is 5.56 Å². The molecule has 1 saturated carbocycles. The van der Waals surface area contributed by atoms with E-state index in [2.05, 4.69) is 4.98 Å². The zero-order chi connectivity index (χ0) is 21.5. The van der Waals surface area contributed by atoms with Crippen molar-refractivity contribution in [3.05, 3.63) is 51.6 Å². The van der Waals surface area contributed by atoms with Crippen LogP contribution in [-0.2, 0) is 4.79 Å². The van der Waals surface area contributed by atoms with Gasteiger partial charge in [-0.3, -0.25) is 14.2 Å². The van der Waals surface area contributed by atoms with Crippen LogP contribution in [0.3, 0.4) is 0 Å². The van der Waals surface area contributed by atoms with Gasteiger partial charge in [-0.2, -0.15) is 13.2 Å². The van der Waals surface area contributed by atoms with Crippen LogP contribution in [0.1, 0.15) is 31.2 Å². The number of aromatic nitrogens is 2. The molecule has 2 heterocycles. The summed E-state index contributed by atoms with van der Waals surface area (Å²) in [6, 6.07) is 8.92. The maximum atomic E-state index is 13.4. The first kappa shape index (κ1) is 20.9. The maximum Gasteiger partial charge on any atom is 0.405 e. The molecule has 30 heavy (non-hydrogen) atoms. The molecule has 1 aliphatic rings. The molecule has 1 atom stereocenters. The second-order valence-electron chi connectivity index (χ2n) is 7.11. The predicted molar refractivity (Wildman–Crippen MR) is 112 cm³/mol. The number of para-hydroxylation sites is 1. The average Bonchev–Trinajstić information content (AvgIpc) is 3.45. The van der Waals surface area contributed by atoms with E-state index in [0.29, 0.717) is 21.8 Å². The fourth-order valence-electron chi connectivity index (χ4n) is 3.11. The zero-order valence-corrected chi connectivity index (χ0v) is 17.5. The van der Waals surface area contributed by atoms with E-state index in [0.717, 1.165) is 30.2 Å². The summed E-state index contributed by atoms with van der Waals surface area (Å²) in [5.41, 5.74) is 1.37. The predicted octanol–water partition coefficient (Wildman–Crippen LogP) is 4.48. The molecule has 10 heteroatoms. The first-order chi connectivity index (χ1) is 14.2. The van der Waals surface area contributed by atoms with E-state index in [1.54, 1.807) is 24.3 Å². The minimum atomic E-state index is -4.49. The summed E-state index contributed by atoms with van der Waals surface area (Å²) >= 11 is 2.34. The van der Waals surface area contributed by atoms with E-state index in [4.69, 9.17) is 0 Å². The number of thioether (sulfide) groups is 1. The Hall–Kier alpha value is -2.33. The van der Waals surface area contributed by atoms with Crippen LogP contribution in [-0.4, -0.2) is 33.4 Å². The number of nitrogens with zero attached hydrogens (tertiary/aromatic N) is 2. The van der Waals surface area contributed by atoms with Crippen LogP contribution in [0.15, 0.2) is 45.7 Å². The van der Waals surface area contributed by atoms with Crippen molar-refractivity contribution in [1.82, 2.24) is 14.9 Å². The van der Waals surface area contributed by atoms with Gasteiger partial charge in [-0.1, -0.05) is 30.0 Å². The fourth-order valence-corrected chi connectivity index (χ4v) is 5.13. The van der Waals surface area contributed by atoms with Gasteiger partial charge in [-0.25, -0.2) is 4.98 Å². The average molecular weight is 454 g/mol. The molecule has 0 bridgehead atoms. The van der Waals surface area contributed by atoms with Crippen molar-refractivity contribution in [2.24, 2.45) is 0 Å². The quantitative estimate of drug-likeness (QED) is 0.442. The van der Waals surface area contributed by atoms with E-state index >= 15 is 0 Å². The van der Waals surface area contributed by atoms with Crippen molar-refractivity contribution in [3.63, 3.8) is 0 Å². The van der Waals surface area contributed by atoms with Gasteiger partial charge in [0.05, 0.1) is 16.3 Å². The molecule has 1 aliphatic carbocycles. The summed E-state index contributed by atoms with van der Waals surface area (Å²) < 4.78 is 38.7. The number of nitrogens with one attached hydrogen (secondary N) is 1. The smallest absolute Gasteiger partial charge is 0.346 e. The summed E-state index contributed by atoms with van der Waals surface area (Å²) in [4.78, 5) is 30.8. The standard InChI is InChI=1S/C20H18F3N3O2S2/c1-11(16(27)24-10-20(21,22)23)30-19-25-17-15(14(9-29-17)12-7-8-12)18(28)26(19)13-5-3-2-4-6-13/h2-6,9,11-12H,7-8,10H2,1H3,(H,24,27). The third kappa shape index (κ3) is 4.39. The van der Waals surface area contributed by atoms with Gasteiger partial charge in [0.15, 0.2) is 5.16 Å². The highest BCUT2D eigenvalue weighted by atomic mass is 32.2. The molecule has 0 aliphatic heterocycles. The lowest BCUT2D eigenvalue weighted by atomic mass is 10.1. The Labute approximate surface area is 178 Å². The highest BCUT2D eigenvalue weighted by Gasteiger charge is 2.31. The molecular weight excluding hydrogens is 435 g/mol. The van der Waals surface area contributed by atoms with Crippen molar-refractivity contribution in [2.45, 2.75) is 42.3 Å². The monoisotopic (exact) mass is 453 g/mol. The Morgan fingerprint density at radius 3 is 2.67 bits per heavy atom. The summed E-state index contributed by atoms with van der Waals surface area (Å²) in [5.74, 6) is -0.390. The highest BCUT2D eigenvalue weighted by molar-refractivity contribution is 8.00. The molecule has 1 amide bonds. The third-order valence-electron chi connectivity index (χ3n) is 4.75. The summed E-state index contributed by atoms with van der Waals surface area (Å²) in [6.07, 6.45) is -2.40. The Balaban J connectivity index is 1.73. The van der Waals surface area contributed by atoms with Gasteiger partial charge in [-0.15, -0.1) is 11.3 Å². The number of carbonyl (C=O) groups is 1. The molecular formula is C20H18F3N3O2S2. The van der Waals surface area contributed by atoms with Gasteiger partial charge >= 0.3 is 6.18 Å². The number of amides is 1. The number of rotatable bonds is 6. The van der Waals surface area contributed by atoms with Crippen molar-refractivity contribution in [2.75, 3.05) is 6.54 Å². The van der Waals surface area contributed by atoms with Crippen molar-refractivity contribution >= 4 is 39.2 Å². The normalized spacial score (nSPS) is 15.3. The van der Waals surface area contributed by atoms with E-state index < -0.39 is 23.9 Å². The summed E-state index contributed by atoms with van der Waals surface area (Å²) in [5, 5.41) is 3.84. The number of thiophene rings is 1. The number of halogens is 3. The molecule has 4 rings (SSSR count). The van der Waals surface area contributed by atoms with Crippen LogP contribution >= 0.6 is 23.1 Å². The Morgan fingerprint density at radius 1 is 1.33 bits per heavy atom. The first-order valence-electron chi connectivity index (χ1n) is 9.35. The number of alkyl halides is 3. The Bertz CT molecular complexity index is 1140. The molecule has 0 radical (unpaired) electrons. The lowest BCUT2D eigenvalue weighted by Gasteiger charge is -2.16. The molecule has 2 aromatic heterocycles. The lowest BCUT2D eigenvalue weighted by molar-refractivity contribution is -0.137. The van der Waals surface area contributed by atoms with Crippen LogP contribution in [0, 0.1) is 0 Å². The lowest BCUT2D eigenvalue weighted by Crippen LogP contribution is -2.38. The van der Waals surface area contributed by atoms with E-state index in [1.165, 1.54) is 22.8 Å². The van der Waals surface area contributed by atoms with E-state index in [9.17, 15) is 22.8 Å². The molecule has 1 N–H and O–H groups in total. The molecule has 1 unspecified atom stereocenters. The van der Waals surface area contributed by atoms with Gasteiger partial charge in [-0.05, 0) is 48.8 Å². The van der Waals surface area contributed by atoms with Crippen LogP contribution in [0.2, 0.25) is 0 Å². The van der Waals surface area contributed by atoms with Crippen LogP contribution in [0.25, 0.3) is 15.9 Å². The number of hydrogen-bond donors (Lipinski definition) is 1. The minimum Gasteiger partial charge on any atom is -0.346 e. The Morgan fingerprint density at radius 2 is 2.03 bits per heavy atom. The SMILES string of the molecule is CC(Sc1nc2scc(C3CC3)c2c(=O)n1-c1ccccc1)C(=O)NCC(F)(F)F. The maximum absolute atomic E-state index is 13.4.